The van der Waals surface area contributed by atoms with Crippen LogP contribution in [0.25, 0.3) is 0 Å². The van der Waals surface area contributed by atoms with Gasteiger partial charge >= 0.3 is 5.97 Å². The van der Waals surface area contributed by atoms with E-state index in [0.717, 1.165) is 12.8 Å². The molecule has 0 amide bonds. The van der Waals surface area contributed by atoms with Gasteiger partial charge in [-0.25, -0.2) is 0 Å². The number of rotatable bonds is 6. The Bertz CT molecular complexity index is 396. The standard InChI is InChI=1S/C7H6O2.C6H14N2O2/c8-5-6-3-1-2-4-7(6)9;7-4-2-1-3-5(8)6(9)10/h1-5,9H;5H,1-4,7-8H2,(H,9,10). The lowest BCUT2D eigenvalue weighted by atomic mass is 10.1. The first-order valence-corrected chi connectivity index (χ1v) is 5.94. The number of nitrogens with two attached hydrogens (primary N) is 2. The van der Waals surface area contributed by atoms with Gasteiger partial charge in [0, 0.05) is 0 Å². The average molecular weight is 268 g/mol. The molecule has 0 heterocycles. The van der Waals surface area contributed by atoms with Crippen LogP contribution in [-0.4, -0.2) is 35.1 Å². The zero-order chi connectivity index (χ0) is 14.7. The first kappa shape index (κ1) is 17.1. The second-order valence-corrected chi connectivity index (χ2v) is 3.91. The number of phenols is 1. The van der Waals surface area contributed by atoms with Gasteiger partial charge in [0.15, 0.2) is 6.29 Å². The van der Waals surface area contributed by atoms with E-state index in [0.29, 0.717) is 24.8 Å². The molecule has 6 nitrogen and oxygen atoms in total. The van der Waals surface area contributed by atoms with Crippen LogP contribution in [0.5, 0.6) is 5.75 Å². The third-order valence-corrected chi connectivity index (χ3v) is 2.35. The van der Waals surface area contributed by atoms with E-state index in [1.165, 1.54) is 6.07 Å². The summed E-state index contributed by atoms with van der Waals surface area (Å²) in [6.45, 7) is 0.604. The Labute approximate surface area is 112 Å². The van der Waals surface area contributed by atoms with Crippen molar-refractivity contribution in [3.8, 4) is 5.75 Å². The Morgan fingerprint density at radius 3 is 2.37 bits per heavy atom. The molecule has 1 aromatic rings. The van der Waals surface area contributed by atoms with Crippen LogP contribution in [0, 0.1) is 0 Å². The molecule has 0 radical (unpaired) electrons. The maximum absolute atomic E-state index is 10.1. The highest BCUT2D eigenvalue weighted by Gasteiger charge is 2.09. The molecule has 0 aliphatic heterocycles. The molecule has 106 valence electrons. The maximum atomic E-state index is 10.1. The molecule has 0 aromatic heterocycles. The Hall–Kier alpha value is -1.92. The fraction of sp³-hybridized carbons (Fsp3) is 0.385. The Morgan fingerprint density at radius 2 is 1.95 bits per heavy atom. The highest BCUT2D eigenvalue weighted by atomic mass is 16.4. The van der Waals surface area contributed by atoms with Crippen molar-refractivity contribution in [1.82, 2.24) is 0 Å². The van der Waals surface area contributed by atoms with Gasteiger partial charge in [0.1, 0.15) is 11.8 Å². The van der Waals surface area contributed by atoms with Crippen LogP contribution in [0.3, 0.4) is 0 Å². The van der Waals surface area contributed by atoms with Gasteiger partial charge in [-0.15, -0.1) is 0 Å². The minimum atomic E-state index is -0.933. The molecule has 1 aromatic carbocycles. The van der Waals surface area contributed by atoms with Gasteiger partial charge in [0.25, 0.3) is 0 Å². The second-order valence-electron chi connectivity index (χ2n) is 3.91. The van der Waals surface area contributed by atoms with Crippen LogP contribution in [0.15, 0.2) is 24.3 Å². The van der Waals surface area contributed by atoms with E-state index in [1.54, 1.807) is 18.2 Å². The summed E-state index contributed by atoms with van der Waals surface area (Å²) in [6, 6.07) is 5.68. The van der Waals surface area contributed by atoms with Gasteiger partial charge in [0.05, 0.1) is 5.56 Å². The molecule has 0 aliphatic carbocycles. The monoisotopic (exact) mass is 268 g/mol. The SMILES string of the molecule is NCCCCC(N)C(=O)O.O=Cc1ccccc1O. The third kappa shape index (κ3) is 7.91. The summed E-state index contributed by atoms with van der Waals surface area (Å²) >= 11 is 0. The molecule has 0 aliphatic rings. The molecular weight excluding hydrogens is 248 g/mol. The molecule has 1 unspecified atom stereocenters. The van der Waals surface area contributed by atoms with Crippen molar-refractivity contribution >= 4 is 12.3 Å². The van der Waals surface area contributed by atoms with E-state index in [1.807, 2.05) is 0 Å². The van der Waals surface area contributed by atoms with Crippen LogP contribution in [0.2, 0.25) is 0 Å². The van der Waals surface area contributed by atoms with Gasteiger partial charge in [-0.2, -0.15) is 0 Å². The number of carboxylic acids is 1. The van der Waals surface area contributed by atoms with E-state index < -0.39 is 12.0 Å². The molecule has 6 N–H and O–H groups in total. The van der Waals surface area contributed by atoms with E-state index in [-0.39, 0.29) is 5.75 Å². The number of aromatic hydroxyl groups is 1. The molecule has 0 fully saturated rings. The van der Waals surface area contributed by atoms with Crippen molar-refractivity contribution in [3.63, 3.8) is 0 Å². The molecule has 6 heteroatoms. The number of aliphatic carboxylic acids is 1. The van der Waals surface area contributed by atoms with Gasteiger partial charge in [0.2, 0.25) is 0 Å². The van der Waals surface area contributed by atoms with Crippen molar-refractivity contribution in [3.05, 3.63) is 29.8 Å². The number of carbonyl (C=O) groups excluding carboxylic acids is 1. The van der Waals surface area contributed by atoms with Crippen LogP contribution in [0.4, 0.5) is 0 Å². The van der Waals surface area contributed by atoms with Crippen molar-refractivity contribution in [1.29, 1.82) is 0 Å². The van der Waals surface area contributed by atoms with Crippen molar-refractivity contribution in [2.75, 3.05) is 6.54 Å². The summed E-state index contributed by atoms with van der Waals surface area (Å²) in [6.07, 6.45) is 2.78. The molecule has 1 atom stereocenters. The maximum Gasteiger partial charge on any atom is 0.320 e. The lowest BCUT2D eigenvalue weighted by Gasteiger charge is -2.03. The first-order valence-electron chi connectivity index (χ1n) is 5.94. The Kier molecular flexibility index (Phi) is 9.03. The Balaban J connectivity index is 0.000000342. The first-order chi connectivity index (χ1) is 9.02. The Morgan fingerprint density at radius 1 is 1.32 bits per heavy atom. The fourth-order valence-electron chi connectivity index (χ4n) is 1.22. The highest BCUT2D eigenvalue weighted by Crippen LogP contribution is 2.11. The summed E-state index contributed by atoms with van der Waals surface area (Å²) in [5.41, 5.74) is 10.8. The zero-order valence-corrected chi connectivity index (χ0v) is 10.7. The van der Waals surface area contributed by atoms with Crippen molar-refractivity contribution in [2.24, 2.45) is 11.5 Å². The van der Waals surface area contributed by atoms with Crippen LogP contribution in [0.1, 0.15) is 29.6 Å². The van der Waals surface area contributed by atoms with Gasteiger partial charge in [-0.3, -0.25) is 9.59 Å². The average Bonchev–Trinajstić information content (AvgIpc) is 2.40. The molecular formula is C13H20N2O4. The number of phenolic OH excluding ortho intramolecular Hbond substituents is 1. The molecule has 0 saturated carbocycles. The topological polar surface area (TPSA) is 127 Å². The number of benzene rings is 1. The van der Waals surface area contributed by atoms with Crippen molar-refractivity contribution < 1.29 is 19.8 Å². The van der Waals surface area contributed by atoms with Crippen LogP contribution >= 0.6 is 0 Å². The highest BCUT2D eigenvalue weighted by molar-refractivity contribution is 5.78. The number of carbonyl (C=O) groups is 2. The van der Waals surface area contributed by atoms with Gasteiger partial charge in [-0.1, -0.05) is 18.6 Å². The summed E-state index contributed by atoms with van der Waals surface area (Å²) in [5, 5.41) is 17.2. The van der Waals surface area contributed by atoms with E-state index >= 15 is 0 Å². The molecule has 0 saturated heterocycles. The number of carboxylic acid groups (broad SMARTS) is 1. The minimum absolute atomic E-state index is 0.0347. The summed E-state index contributed by atoms with van der Waals surface area (Å²) in [4.78, 5) is 20.2. The van der Waals surface area contributed by atoms with E-state index in [4.69, 9.17) is 21.7 Å². The summed E-state index contributed by atoms with van der Waals surface area (Å²) < 4.78 is 0. The smallest absolute Gasteiger partial charge is 0.320 e. The largest absolute Gasteiger partial charge is 0.507 e. The predicted octanol–water partition coefficient (Wildman–Crippen LogP) is 0.732. The predicted molar refractivity (Wildman–Crippen MR) is 72.0 cm³/mol. The zero-order valence-electron chi connectivity index (χ0n) is 10.7. The molecule has 0 bridgehead atoms. The van der Waals surface area contributed by atoms with Crippen LogP contribution in [-0.2, 0) is 4.79 Å². The number of para-hydroxylation sites is 1. The second kappa shape index (κ2) is 10.0. The van der Waals surface area contributed by atoms with Gasteiger partial charge in [-0.05, 0) is 31.5 Å². The lowest BCUT2D eigenvalue weighted by molar-refractivity contribution is -0.138. The van der Waals surface area contributed by atoms with E-state index in [2.05, 4.69) is 0 Å². The number of hydrogen-bond acceptors (Lipinski definition) is 5. The molecule has 1 rings (SSSR count). The molecule has 19 heavy (non-hydrogen) atoms. The number of hydrogen-bond donors (Lipinski definition) is 4. The summed E-state index contributed by atoms with van der Waals surface area (Å²) in [7, 11) is 0. The fourth-order valence-corrected chi connectivity index (χ4v) is 1.22. The normalized spacial score (nSPS) is 11.1. The van der Waals surface area contributed by atoms with E-state index in [9.17, 15) is 9.59 Å². The third-order valence-electron chi connectivity index (χ3n) is 2.35. The minimum Gasteiger partial charge on any atom is -0.507 e. The lowest BCUT2D eigenvalue weighted by Crippen LogP contribution is -2.29. The quantitative estimate of drug-likeness (QED) is 0.445. The number of unbranched alkanes of at least 4 members (excludes halogenated alkanes) is 1. The van der Waals surface area contributed by atoms with Crippen LogP contribution < -0.4 is 11.5 Å². The van der Waals surface area contributed by atoms with Crippen molar-refractivity contribution in [2.45, 2.75) is 25.3 Å². The van der Waals surface area contributed by atoms with Gasteiger partial charge < -0.3 is 21.7 Å². The number of aldehydes is 1. The molecule has 0 spiro atoms. The summed E-state index contributed by atoms with van der Waals surface area (Å²) in [5.74, 6) is -0.899.